The smallest absolute Gasteiger partial charge is 0.263 e. The fraction of sp³-hybridized carbons (Fsp3) is 0.214. The van der Waals surface area contributed by atoms with Crippen molar-refractivity contribution in [2.75, 3.05) is 5.73 Å². The summed E-state index contributed by atoms with van der Waals surface area (Å²) in [4.78, 5) is 13.2. The molecule has 1 saturated carbocycles. The molecule has 1 aliphatic carbocycles. The van der Waals surface area contributed by atoms with Crippen molar-refractivity contribution >= 4 is 28.7 Å². The van der Waals surface area contributed by atoms with E-state index >= 15 is 0 Å². The highest BCUT2D eigenvalue weighted by atomic mass is 32.2. The van der Waals surface area contributed by atoms with Gasteiger partial charge in [-0.1, -0.05) is 12.1 Å². The second-order valence-electron chi connectivity index (χ2n) is 4.81. The zero-order chi connectivity index (χ0) is 13.5. The van der Waals surface area contributed by atoms with Crippen LogP contribution in [0.15, 0.2) is 45.0 Å². The van der Waals surface area contributed by atoms with Gasteiger partial charge in [-0.25, -0.2) is 15.0 Å². The number of aromatic nitrogens is 3. The Hall–Kier alpha value is -2.08. The lowest BCUT2D eigenvalue weighted by Crippen LogP contribution is -1.99. The molecule has 1 aromatic carbocycles. The van der Waals surface area contributed by atoms with E-state index in [0.717, 1.165) is 34.8 Å². The lowest BCUT2D eigenvalue weighted by Gasteiger charge is -2.02. The molecule has 1 aliphatic rings. The number of hydrogen-bond donors (Lipinski definition) is 1. The van der Waals surface area contributed by atoms with E-state index in [1.807, 2.05) is 24.3 Å². The first-order chi connectivity index (χ1) is 9.78. The molecule has 1 fully saturated rings. The first kappa shape index (κ1) is 11.7. The maximum Gasteiger partial charge on any atom is 0.263 e. The Balaban J connectivity index is 1.67. The number of para-hydroxylation sites is 2. The lowest BCUT2D eigenvalue weighted by molar-refractivity contribution is 0.489. The minimum Gasteiger partial charge on any atom is -0.431 e. The van der Waals surface area contributed by atoms with Gasteiger partial charge in [0.15, 0.2) is 5.58 Å². The van der Waals surface area contributed by atoms with Crippen molar-refractivity contribution in [3.63, 3.8) is 0 Å². The zero-order valence-electron chi connectivity index (χ0n) is 10.6. The molecule has 0 bridgehead atoms. The summed E-state index contributed by atoms with van der Waals surface area (Å²) in [6.07, 6.45) is 2.30. The van der Waals surface area contributed by atoms with Crippen LogP contribution in [0.3, 0.4) is 0 Å². The number of nitrogen functional groups attached to an aromatic ring is 1. The monoisotopic (exact) mass is 284 g/mol. The average Bonchev–Trinajstić information content (AvgIpc) is 3.19. The summed E-state index contributed by atoms with van der Waals surface area (Å²) in [5.41, 5.74) is 7.46. The first-order valence-corrected chi connectivity index (χ1v) is 7.27. The molecule has 0 aliphatic heterocycles. The maximum atomic E-state index is 5.84. The zero-order valence-corrected chi connectivity index (χ0v) is 11.4. The average molecular weight is 284 g/mol. The van der Waals surface area contributed by atoms with Crippen LogP contribution in [0.25, 0.3) is 11.1 Å². The molecule has 20 heavy (non-hydrogen) atoms. The van der Waals surface area contributed by atoms with Crippen LogP contribution in [-0.4, -0.2) is 15.0 Å². The minimum absolute atomic E-state index is 0.474. The van der Waals surface area contributed by atoms with Crippen LogP contribution in [0.2, 0.25) is 0 Å². The molecule has 0 atom stereocenters. The minimum atomic E-state index is 0.474. The molecule has 0 amide bonds. The standard InChI is InChI=1S/C14H12N4OS/c15-11-7-12(18-13(17-11)8-5-6-8)20-14-16-9-3-1-2-4-10(9)19-14/h1-4,7-8H,5-6H2,(H2,15,17,18). The Bertz CT molecular complexity index is 749. The van der Waals surface area contributed by atoms with E-state index in [2.05, 4.69) is 15.0 Å². The van der Waals surface area contributed by atoms with Gasteiger partial charge in [0.1, 0.15) is 22.2 Å². The molecule has 0 saturated heterocycles. The van der Waals surface area contributed by atoms with Crippen molar-refractivity contribution in [1.29, 1.82) is 0 Å². The number of nitrogens with zero attached hydrogens (tertiary/aromatic N) is 3. The predicted octanol–water partition coefficient (Wildman–Crippen LogP) is 3.23. The molecule has 6 heteroatoms. The second-order valence-corrected chi connectivity index (χ2v) is 5.78. The van der Waals surface area contributed by atoms with Crippen LogP contribution < -0.4 is 5.73 Å². The Morgan fingerprint density at radius 2 is 2.00 bits per heavy atom. The van der Waals surface area contributed by atoms with Gasteiger partial charge in [0, 0.05) is 12.0 Å². The molecule has 2 aromatic heterocycles. The number of fused-ring (bicyclic) bond motifs is 1. The molecule has 0 unspecified atom stereocenters. The SMILES string of the molecule is Nc1cc(Sc2nc3ccccc3o2)nc(C2CC2)n1. The first-order valence-electron chi connectivity index (χ1n) is 6.46. The van der Waals surface area contributed by atoms with Crippen molar-refractivity contribution < 1.29 is 4.42 Å². The molecule has 4 rings (SSSR count). The van der Waals surface area contributed by atoms with Gasteiger partial charge < -0.3 is 10.2 Å². The van der Waals surface area contributed by atoms with Crippen molar-refractivity contribution in [2.45, 2.75) is 29.0 Å². The van der Waals surface area contributed by atoms with Gasteiger partial charge in [0.25, 0.3) is 5.22 Å². The van der Waals surface area contributed by atoms with E-state index < -0.39 is 0 Å². The van der Waals surface area contributed by atoms with Gasteiger partial charge in [-0.15, -0.1) is 0 Å². The lowest BCUT2D eigenvalue weighted by atomic mass is 10.3. The number of hydrogen-bond acceptors (Lipinski definition) is 6. The molecule has 100 valence electrons. The van der Waals surface area contributed by atoms with Crippen LogP contribution in [0, 0.1) is 0 Å². The van der Waals surface area contributed by atoms with E-state index in [0.29, 0.717) is 17.0 Å². The molecule has 0 radical (unpaired) electrons. The summed E-state index contributed by atoms with van der Waals surface area (Å²) < 4.78 is 5.68. The van der Waals surface area contributed by atoms with Crippen LogP contribution in [0.5, 0.6) is 0 Å². The van der Waals surface area contributed by atoms with E-state index in [-0.39, 0.29) is 0 Å². The molecule has 5 nitrogen and oxygen atoms in total. The number of benzene rings is 1. The summed E-state index contributed by atoms with van der Waals surface area (Å²) in [7, 11) is 0. The Morgan fingerprint density at radius 3 is 2.80 bits per heavy atom. The van der Waals surface area contributed by atoms with Crippen molar-refractivity contribution in [1.82, 2.24) is 15.0 Å². The number of rotatable bonds is 3. The quantitative estimate of drug-likeness (QED) is 0.744. The van der Waals surface area contributed by atoms with Crippen LogP contribution in [0.1, 0.15) is 24.6 Å². The summed E-state index contributed by atoms with van der Waals surface area (Å²) in [5, 5.41) is 1.36. The maximum absolute atomic E-state index is 5.84. The fourth-order valence-electron chi connectivity index (χ4n) is 2.02. The van der Waals surface area contributed by atoms with Crippen LogP contribution >= 0.6 is 11.8 Å². The molecular weight excluding hydrogens is 272 g/mol. The molecule has 2 heterocycles. The van der Waals surface area contributed by atoms with Gasteiger partial charge in [-0.05, 0) is 36.7 Å². The summed E-state index contributed by atoms with van der Waals surface area (Å²) in [6.45, 7) is 0. The highest BCUT2D eigenvalue weighted by Gasteiger charge is 2.27. The Labute approximate surface area is 119 Å². The number of oxazole rings is 1. The second kappa shape index (κ2) is 4.49. The number of anilines is 1. The van der Waals surface area contributed by atoms with E-state index in [1.165, 1.54) is 11.8 Å². The normalized spacial score (nSPS) is 14.8. The van der Waals surface area contributed by atoms with Crippen molar-refractivity contribution in [3.8, 4) is 0 Å². The third-order valence-corrected chi connectivity index (χ3v) is 3.92. The van der Waals surface area contributed by atoms with Crippen molar-refractivity contribution in [3.05, 3.63) is 36.2 Å². The van der Waals surface area contributed by atoms with Crippen LogP contribution in [0.4, 0.5) is 5.82 Å². The largest absolute Gasteiger partial charge is 0.431 e. The van der Waals surface area contributed by atoms with Crippen LogP contribution in [-0.2, 0) is 0 Å². The third kappa shape index (κ3) is 2.22. The molecule has 3 aromatic rings. The van der Waals surface area contributed by atoms with Gasteiger partial charge in [-0.2, -0.15) is 0 Å². The summed E-state index contributed by atoms with van der Waals surface area (Å²) in [6, 6.07) is 9.44. The summed E-state index contributed by atoms with van der Waals surface area (Å²) in [5.74, 6) is 1.81. The highest BCUT2D eigenvalue weighted by molar-refractivity contribution is 7.99. The van der Waals surface area contributed by atoms with E-state index in [9.17, 15) is 0 Å². The van der Waals surface area contributed by atoms with E-state index in [1.54, 1.807) is 6.07 Å². The van der Waals surface area contributed by atoms with Gasteiger partial charge in [0.2, 0.25) is 0 Å². The highest BCUT2D eigenvalue weighted by Crippen LogP contribution is 2.39. The predicted molar refractivity (Wildman–Crippen MR) is 76.6 cm³/mol. The molecular formula is C14H12N4OS. The number of nitrogens with two attached hydrogens (primary N) is 1. The van der Waals surface area contributed by atoms with E-state index in [4.69, 9.17) is 10.2 Å². The van der Waals surface area contributed by atoms with Crippen molar-refractivity contribution in [2.24, 2.45) is 0 Å². The summed E-state index contributed by atoms with van der Waals surface area (Å²) >= 11 is 1.38. The third-order valence-electron chi connectivity index (χ3n) is 3.15. The van der Waals surface area contributed by atoms with Gasteiger partial charge >= 0.3 is 0 Å². The Morgan fingerprint density at radius 1 is 1.15 bits per heavy atom. The van der Waals surface area contributed by atoms with Gasteiger partial charge in [0.05, 0.1) is 0 Å². The molecule has 2 N–H and O–H groups in total. The molecule has 0 spiro atoms. The fourth-order valence-corrected chi connectivity index (χ4v) is 2.79. The Kier molecular flexibility index (Phi) is 2.63. The van der Waals surface area contributed by atoms with Gasteiger partial charge in [-0.3, -0.25) is 0 Å². The topological polar surface area (TPSA) is 77.8 Å².